The summed E-state index contributed by atoms with van der Waals surface area (Å²) >= 11 is 0. The molecule has 5 unspecified atom stereocenters. The van der Waals surface area contributed by atoms with Gasteiger partial charge in [-0.1, -0.05) is 20.3 Å². The first-order chi connectivity index (χ1) is 14.1. The van der Waals surface area contributed by atoms with Crippen LogP contribution in [-0.4, -0.2) is 71.0 Å². The molecular formula is C20H37N5O5. The van der Waals surface area contributed by atoms with Crippen molar-refractivity contribution >= 4 is 23.7 Å². The van der Waals surface area contributed by atoms with E-state index in [4.69, 9.17) is 11.5 Å². The second kappa shape index (κ2) is 12.5. The maximum atomic E-state index is 13.2. The third kappa shape index (κ3) is 7.24. The number of amides is 3. The quantitative estimate of drug-likeness (QED) is 0.263. The van der Waals surface area contributed by atoms with E-state index in [1.807, 2.05) is 13.8 Å². The van der Waals surface area contributed by atoms with Crippen LogP contribution in [0.15, 0.2) is 0 Å². The number of nitrogens with zero attached hydrogens (tertiary/aromatic N) is 1. The third-order valence-electron chi connectivity index (χ3n) is 5.59. The first kappa shape index (κ1) is 25.8. The van der Waals surface area contributed by atoms with E-state index in [0.29, 0.717) is 45.2 Å². The lowest BCUT2D eigenvalue weighted by Gasteiger charge is -2.32. The second-order valence-corrected chi connectivity index (χ2v) is 8.03. The fourth-order valence-corrected chi connectivity index (χ4v) is 3.47. The number of nitrogens with two attached hydrogens (primary N) is 2. The molecule has 0 bridgehead atoms. The summed E-state index contributed by atoms with van der Waals surface area (Å²) in [4.78, 5) is 51.0. The zero-order chi connectivity index (χ0) is 22.8. The molecule has 0 saturated carbocycles. The molecule has 30 heavy (non-hydrogen) atoms. The zero-order valence-electron chi connectivity index (χ0n) is 18.2. The van der Waals surface area contributed by atoms with E-state index in [1.54, 1.807) is 0 Å². The van der Waals surface area contributed by atoms with Gasteiger partial charge in [0.1, 0.15) is 18.1 Å². The zero-order valence-corrected chi connectivity index (χ0v) is 18.2. The molecule has 5 atom stereocenters. The first-order valence-electron chi connectivity index (χ1n) is 10.7. The summed E-state index contributed by atoms with van der Waals surface area (Å²) in [5.74, 6) is -2.52. The highest BCUT2D eigenvalue weighted by Crippen LogP contribution is 2.22. The molecule has 1 aliphatic rings. The molecule has 0 aromatic rings. The Labute approximate surface area is 178 Å². The van der Waals surface area contributed by atoms with Gasteiger partial charge in [-0.3, -0.25) is 14.4 Å². The van der Waals surface area contributed by atoms with E-state index in [1.165, 1.54) is 11.8 Å². The molecule has 1 saturated heterocycles. The van der Waals surface area contributed by atoms with Crippen LogP contribution in [0.2, 0.25) is 0 Å². The van der Waals surface area contributed by atoms with Crippen LogP contribution in [0.5, 0.6) is 0 Å². The van der Waals surface area contributed by atoms with Crippen LogP contribution in [-0.2, 0) is 19.2 Å². The molecule has 1 aliphatic heterocycles. The van der Waals surface area contributed by atoms with E-state index in [0.717, 1.165) is 0 Å². The average molecular weight is 428 g/mol. The predicted molar refractivity (Wildman–Crippen MR) is 112 cm³/mol. The van der Waals surface area contributed by atoms with Crippen LogP contribution >= 0.6 is 0 Å². The number of aliphatic carboxylic acids is 1. The van der Waals surface area contributed by atoms with E-state index in [9.17, 15) is 24.3 Å². The number of carbonyl (C=O) groups excluding carboxylic acids is 3. The van der Waals surface area contributed by atoms with Crippen molar-refractivity contribution in [3.05, 3.63) is 0 Å². The van der Waals surface area contributed by atoms with Crippen LogP contribution in [0.1, 0.15) is 59.3 Å². The summed E-state index contributed by atoms with van der Waals surface area (Å²) in [7, 11) is 0. The minimum absolute atomic E-state index is 0.146. The average Bonchev–Trinajstić information content (AvgIpc) is 3.19. The molecule has 0 radical (unpaired) electrons. The Morgan fingerprint density at radius 2 is 1.83 bits per heavy atom. The number of likely N-dealkylation sites (tertiary alicyclic amines) is 1. The van der Waals surface area contributed by atoms with Crippen LogP contribution in [0.25, 0.3) is 0 Å². The Morgan fingerprint density at radius 1 is 1.17 bits per heavy atom. The summed E-state index contributed by atoms with van der Waals surface area (Å²) in [6, 6.07) is -3.33. The minimum Gasteiger partial charge on any atom is -0.480 e. The highest BCUT2D eigenvalue weighted by atomic mass is 16.4. The van der Waals surface area contributed by atoms with Gasteiger partial charge in [-0.2, -0.15) is 0 Å². The topological polar surface area (TPSA) is 168 Å². The van der Waals surface area contributed by atoms with Crippen molar-refractivity contribution in [3.8, 4) is 0 Å². The van der Waals surface area contributed by atoms with Crippen molar-refractivity contribution in [3.63, 3.8) is 0 Å². The van der Waals surface area contributed by atoms with Gasteiger partial charge >= 0.3 is 5.97 Å². The molecule has 0 spiro atoms. The van der Waals surface area contributed by atoms with Crippen LogP contribution < -0.4 is 22.1 Å². The molecule has 0 aliphatic carbocycles. The molecule has 0 aromatic carbocycles. The fraction of sp³-hybridized carbons (Fsp3) is 0.800. The summed E-state index contributed by atoms with van der Waals surface area (Å²) in [5.41, 5.74) is 11.1. The minimum atomic E-state index is -1.11. The number of carbonyl (C=O) groups is 4. The van der Waals surface area contributed by atoms with Crippen LogP contribution in [0.4, 0.5) is 0 Å². The molecule has 1 fully saturated rings. The monoisotopic (exact) mass is 427 g/mol. The Balaban J connectivity index is 2.90. The lowest BCUT2D eigenvalue weighted by atomic mass is 9.97. The van der Waals surface area contributed by atoms with Gasteiger partial charge in [0.25, 0.3) is 0 Å². The number of carboxylic acids is 1. The molecule has 0 aromatic heterocycles. The van der Waals surface area contributed by atoms with Gasteiger partial charge in [-0.15, -0.1) is 0 Å². The number of hydrogen-bond donors (Lipinski definition) is 5. The Kier molecular flexibility index (Phi) is 10.8. The number of nitrogens with one attached hydrogen (secondary N) is 2. The highest BCUT2D eigenvalue weighted by Gasteiger charge is 2.40. The van der Waals surface area contributed by atoms with Crippen LogP contribution in [0, 0.1) is 5.92 Å². The van der Waals surface area contributed by atoms with Crippen molar-refractivity contribution in [1.82, 2.24) is 15.5 Å². The lowest BCUT2D eigenvalue weighted by molar-refractivity contribution is -0.145. The molecule has 1 rings (SSSR count). The Morgan fingerprint density at radius 3 is 2.37 bits per heavy atom. The van der Waals surface area contributed by atoms with E-state index in [-0.39, 0.29) is 18.2 Å². The van der Waals surface area contributed by atoms with E-state index in [2.05, 4.69) is 10.6 Å². The van der Waals surface area contributed by atoms with Crippen molar-refractivity contribution < 1.29 is 24.3 Å². The molecule has 1 heterocycles. The molecular weight excluding hydrogens is 390 g/mol. The summed E-state index contributed by atoms with van der Waals surface area (Å²) in [5, 5.41) is 14.7. The molecule has 10 heteroatoms. The second-order valence-electron chi connectivity index (χ2n) is 8.03. The van der Waals surface area contributed by atoms with Crippen molar-refractivity contribution in [2.45, 2.75) is 83.5 Å². The normalized spacial score (nSPS) is 20.2. The van der Waals surface area contributed by atoms with Crippen molar-refractivity contribution in [2.75, 3.05) is 13.1 Å². The van der Waals surface area contributed by atoms with Gasteiger partial charge in [-0.25, -0.2) is 4.79 Å². The smallest absolute Gasteiger partial charge is 0.326 e. The summed E-state index contributed by atoms with van der Waals surface area (Å²) in [6.07, 6.45) is 3.26. The van der Waals surface area contributed by atoms with Gasteiger partial charge in [0.2, 0.25) is 17.7 Å². The molecule has 3 amide bonds. The largest absolute Gasteiger partial charge is 0.480 e. The first-order valence-corrected chi connectivity index (χ1v) is 10.7. The number of carboxylic acid groups (broad SMARTS) is 1. The maximum absolute atomic E-state index is 13.2. The van der Waals surface area contributed by atoms with E-state index < -0.39 is 42.0 Å². The number of rotatable bonds is 12. The summed E-state index contributed by atoms with van der Waals surface area (Å²) in [6.45, 7) is 6.14. The number of hydrogen-bond acceptors (Lipinski definition) is 6. The van der Waals surface area contributed by atoms with Gasteiger partial charge in [0.05, 0.1) is 6.04 Å². The third-order valence-corrected chi connectivity index (χ3v) is 5.59. The number of unbranched alkanes of at least 4 members (excludes halogenated alkanes) is 1. The fourth-order valence-electron chi connectivity index (χ4n) is 3.47. The SMILES string of the molecule is CCC(C)C(NC(=O)C(C)N)C(=O)N1CCCC1C(=O)NC(CCCCN)C(=O)O. The standard InChI is InChI=1S/C20H37N5O5/c1-4-12(2)16(24-17(26)13(3)22)19(28)25-11-7-9-15(25)18(27)23-14(20(29)30)8-5-6-10-21/h12-16H,4-11,21-22H2,1-3H3,(H,23,27)(H,24,26)(H,29,30). The van der Waals surface area contributed by atoms with Crippen molar-refractivity contribution in [1.29, 1.82) is 0 Å². The van der Waals surface area contributed by atoms with E-state index >= 15 is 0 Å². The predicted octanol–water partition coefficient (Wildman–Crippen LogP) is -0.446. The lowest BCUT2D eigenvalue weighted by Crippen LogP contribution is -2.58. The van der Waals surface area contributed by atoms with Gasteiger partial charge in [-0.05, 0) is 51.5 Å². The van der Waals surface area contributed by atoms with Gasteiger partial charge in [0, 0.05) is 6.54 Å². The molecule has 172 valence electrons. The molecule has 7 N–H and O–H groups in total. The van der Waals surface area contributed by atoms with Crippen molar-refractivity contribution in [2.24, 2.45) is 17.4 Å². The summed E-state index contributed by atoms with van der Waals surface area (Å²) < 4.78 is 0. The Bertz CT molecular complexity index is 612. The van der Waals surface area contributed by atoms with Gasteiger partial charge in [0.15, 0.2) is 0 Å². The molecule has 10 nitrogen and oxygen atoms in total. The maximum Gasteiger partial charge on any atom is 0.326 e. The van der Waals surface area contributed by atoms with Gasteiger partial charge < -0.3 is 32.1 Å². The highest BCUT2D eigenvalue weighted by molar-refractivity contribution is 5.94. The Hall–Kier alpha value is -2.20. The van der Waals surface area contributed by atoms with Crippen LogP contribution in [0.3, 0.4) is 0 Å².